The maximum absolute atomic E-state index is 13.5. The maximum Gasteiger partial charge on any atom is 0.157 e. The van der Waals surface area contributed by atoms with Crippen molar-refractivity contribution in [2.75, 3.05) is 6.54 Å². The lowest BCUT2D eigenvalue weighted by molar-refractivity contribution is -0.125. The minimum absolute atomic E-state index is 0.129. The van der Waals surface area contributed by atoms with Crippen molar-refractivity contribution in [2.24, 2.45) is 0 Å². The molecule has 1 aromatic carbocycles. The summed E-state index contributed by atoms with van der Waals surface area (Å²) in [6.07, 6.45) is 2.54. The van der Waals surface area contributed by atoms with Gasteiger partial charge in [0.1, 0.15) is 11.6 Å². The number of carbonyl (C=O) groups is 1. The molecule has 1 aromatic rings. The van der Waals surface area contributed by atoms with Crippen molar-refractivity contribution in [3.8, 4) is 0 Å². The maximum atomic E-state index is 13.5. The van der Waals surface area contributed by atoms with E-state index < -0.39 is 17.2 Å². The molecule has 2 rings (SSSR count). The van der Waals surface area contributed by atoms with Crippen molar-refractivity contribution in [3.63, 3.8) is 0 Å². The van der Waals surface area contributed by atoms with Crippen LogP contribution in [0.3, 0.4) is 0 Å². The number of piperidine rings is 1. The number of ketones is 1. The smallest absolute Gasteiger partial charge is 0.157 e. The monoisotopic (exact) mass is 253 g/mol. The molecule has 0 radical (unpaired) electrons. The molecular weight excluding hydrogens is 236 g/mol. The lowest BCUT2D eigenvalue weighted by Gasteiger charge is -2.33. The molecule has 1 N–H and O–H groups in total. The summed E-state index contributed by atoms with van der Waals surface area (Å²) >= 11 is 0. The van der Waals surface area contributed by atoms with Crippen LogP contribution in [0.25, 0.3) is 0 Å². The van der Waals surface area contributed by atoms with Gasteiger partial charge in [-0.1, -0.05) is 6.07 Å². The van der Waals surface area contributed by atoms with Gasteiger partial charge in [0.25, 0.3) is 0 Å². The van der Waals surface area contributed by atoms with Crippen LogP contribution in [0, 0.1) is 11.6 Å². The topological polar surface area (TPSA) is 29.1 Å². The molecule has 1 aliphatic rings. The van der Waals surface area contributed by atoms with E-state index in [0.29, 0.717) is 0 Å². The van der Waals surface area contributed by atoms with Crippen molar-refractivity contribution in [1.82, 2.24) is 5.32 Å². The minimum atomic E-state index is -0.650. The predicted octanol–water partition coefficient (Wildman–Crippen LogP) is 2.61. The van der Waals surface area contributed by atoms with Crippen LogP contribution in [0.2, 0.25) is 0 Å². The standard InChI is InChI=1S/C14H17F2NO/c1-14(7-2-3-8-17-14)13(18)9-10-11(15)5-4-6-12(10)16/h4-6,17H,2-3,7-9H2,1H3. The normalized spacial score (nSPS) is 23.9. The van der Waals surface area contributed by atoms with Crippen LogP contribution in [0.4, 0.5) is 8.78 Å². The Morgan fingerprint density at radius 3 is 2.56 bits per heavy atom. The summed E-state index contributed by atoms with van der Waals surface area (Å²) in [6, 6.07) is 3.67. The average Bonchev–Trinajstić information content (AvgIpc) is 2.34. The van der Waals surface area contributed by atoms with E-state index in [1.165, 1.54) is 18.2 Å². The molecule has 1 atom stereocenters. The van der Waals surface area contributed by atoms with E-state index >= 15 is 0 Å². The number of hydrogen-bond donors (Lipinski definition) is 1. The van der Waals surface area contributed by atoms with Crippen LogP contribution < -0.4 is 5.32 Å². The first kappa shape index (κ1) is 13.1. The highest BCUT2D eigenvalue weighted by Crippen LogP contribution is 2.23. The summed E-state index contributed by atoms with van der Waals surface area (Å²) in [7, 11) is 0. The fourth-order valence-electron chi connectivity index (χ4n) is 2.35. The Morgan fingerprint density at radius 2 is 2.00 bits per heavy atom. The Bertz CT molecular complexity index is 433. The molecule has 1 aliphatic heterocycles. The van der Waals surface area contributed by atoms with E-state index in [4.69, 9.17) is 0 Å². The number of nitrogens with one attached hydrogen (secondary N) is 1. The number of rotatable bonds is 3. The molecule has 0 amide bonds. The average molecular weight is 253 g/mol. The molecule has 1 unspecified atom stereocenters. The molecule has 0 bridgehead atoms. The number of hydrogen-bond acceptors (Lipinski definition) is 2. The van der Waals surface area contributed by atoms with Crippen LogP contribution >= 0.6 is 0 Å². The number of carbonyl (C=O) groups excluding carboxylic acids is 1. The van der Waals surface area contributed by atoms with Gasteiger partial charge in [-0.05, 0) is 44.9 Å². The van der Waals surface area contributed by atoms with Gasteiger partial charge < -0.3 is 5.32 Å². The Balaban J connectivity index is 2.16. The van der Waals surface area contributed by atoms with Crippen molar-refractivity contribution < 1.29 is 13.6 Å². The number of halogens is 2. The van der Waals surface area contributed by atoms with E-state index in [-0.39, 0.29) is 17.8 Å². The van der Waals surface area contributed by atoms with Crippen LogP contribution in [0.15, 0.2) is 18.2 Å². The second-order valence-electron chi connectivity index (χ2n) is 5.02. The van der Waals surface area contributed by atoms with Crippen molar-refractivity contribution in [1.29, 1.82) is 0 Å². The fraction of sp³-hybridized carbons (Fsp3) is 0.500. The molecule has 0 saturated carbocycles. The van der Waals surface area contributed by atoms with Gasteiger partial charge in [0.2, 0.25) is 0 Å². The van der Waals surface area contributed by atoms with Gasteiger partial charge in [-0.2, -0.15) is 0 Å². The summed E-state index contributed by atoms with van der Waals surface area (Å²) in [6.45, 7) is 2.59. The van der Waals surface area contributed by atoms with Gasteiger partial charge in [0.05, 0.1) is 5.54 Å². The minimum Gasteiger partial charge on any atom is -0.305 e. The molecule has 1 fully saturated rings. The first-order valence-electron chi connectivity index (χ1n) is 6.24. The lowest BCUT2D eigenvalue weighted by atomic mass is 9.84. The van der Waals surface area contributed by atoms with Crippen LogP contribution in [0.5, 0.6) is 0 Å². The second-order valence-corrected chi connectivity index (χ2v) is 5.02. The van der Waals surface area contributed by atoms with Gasteiger partial charge in [0.15, 0.2) is 5.78 Å². The summed E-state index contributed by atoms with van der Waals surface area (Å²) in [5.41, 5.74) is -0.774. The highest BCUT2D eigenvalue weighted by molar-refractivity contribution is 5.90. The molecule has 1 saturated heterocycles. The summed E-state index contributed by atoms with van der Waals surface area (Å²) in [4.78, 5) is 12.2. The predicted molar refractivity (Wildman–Crippen MR) is 65.3 cm³/mol. The zero-order valence-corrected chi connectivity index (χ0v) is 10.4. The number of Topliss-reactive ketones (excluding diaryl/α,β-unsaturated/α-hetero) is 1. The zero-order chi connectivity index (χ0) is 13.2. The fourth-order valence-corrected chi connectivity index (χ4v) is 2.35. The van der Waals surface area contributed by atoms with E-state index in [1.807, 2.05) is 6.92 Å². The SMILES string of the molecule is CC1(C(=O)Cc2c(F)cccc2F)CCCCN1. The van der Waals surface area contributed by atoms with Crippen molar-refractivity contribution >= 4 is 5.78 Å². The van der Waals surface area contributed by atoms with Crippen molar-refractivity contribution in [2.45, 2.75) is 38.1 Å². The lowest BCUT2D eigenvalue weighted by Crippen LogP contribution is -2.52. The Hall–Kier alpha value is -1.29. The second kappa shape index (κ2) is 5.14. The first-order valence-corrected chi connectivity index (χ1v) is 6.24. The highest BCUT2D eigenvalue weighted by atomic mass is 19.1. The largest absolute Gasteiger partial charge is 0.305 e. The van der Waals surface area contributed by atoms with E-state index in [1.54, 1.807) is 0 Å². The Kier molecular flexibility index (Phi) is 3.76. The van der Waals surface area contributed by atoms with Crippen LogP contribution in [-0.2, 0) is 11.2 Å². The number of benzene rings is 1. The molecule has 1 heterocycles. The van der Waals surface area contributed by atoms with Crippen LogP contribution in [-0.4, -0.2) is 17.9 Å². The molecule has 0 aliphatic carbocycles. The summed E-state index contributed by atoms with van der Waals surface area (Å²) < 4.78 is 27.0. The van der Waals surface area contributed by atoms with Gasteiger partial charge in [-0.15, -0.1) is 0 Å². The third-order valence-corrected chi connectivity index (χ3v) is 3.63. The van der Waals surface area contributed by atoms with E-state index in [2.05, 4.69) is 5.32 Å². The quantitative estimate of drug-likeness (QED) is 0.897. The van der Waals surface area contributed by atoms with Gasteiger partial charge in [-0.3, -0.25) is 4.79 Å². The molecule has 4 heteroatoms. The van der Waals surface area contributed by atoms with Gasteiger partial charge >= 0.3 is 0 Å². The van der Waals surface area contributed by atoms with E-state index in [9.17, 15) is 13.6 Å². The zero-order valence-electron chi connectivity index (χ0n) is 10.4. The van der Waals surface area contributed by atoms with E-state index in [0.717, 1.165) is 25.8 Å². The Labute approximate surface area is 105 Å². The first-order chi connectivity index (χ1) is 8.53. The van der Waals surface area contributed by atoms with Gasteiger partial charge in [-0.25, -0.2) is 8.78 Å². The molecule has 0 spiro atoms. The molecule has 0 aromatic heterocycles. The molecular formula is C14H17F2NO. The molecule has 18 heavy (non-hydrogen) atoms. The summed E-state index contributed by atoms with van der Waals surface area (Å²) in [5.74, 6) is -1.45. The third-order valence-electron chi connectivity index (χ3n) is 3.63. The molecule has 98 valence electrons. The summed E-state index contributed by atoms with van der Waals surface area (Å²) in [5, 5.41) is 3.16. The molecule has 2 nitrogen and oxygen atoms in total. The van der Waals surface area contributed by atoms with Crippen molar-refractivity contribution in [3.05, 3.63) is 35.4 Å². The van der Waals surface area contributed by atoms with Crippen LogP contribution in [0.1, 0.15) is 31.7 Å². The third kappa shape index (κ3) is 2.58. The Morgan fingerprint density at radius 1 is 1.33 bits per heavy atom. The van der Waals surface area contributed by atoms with Gasteiger partial charge in [0, 0.05) is 12.0 Å². The highest BCUT2D eigenvalue weighted by Gasteiger charge is 2.34.